The quantitative estimate of drug-likeness (QED) is 0.206. The van der Waals surface area contributed by atoms with E-state index in [1.807, 2.05) is 0 Å². The number of hydrogen-bond acceptors (Lipinski definition) is 0. The van der Waals surface area contributed by atoms with Crippen LogP contribution in [0, 0.1) is 18.3 Å². The molecule has 0 aromatic heterocycles. The van der Waals surface area contributed by atoms with Gasteiger partial charge in [0.15, 0.2) is 0 Å². The molecule has 0 aliphatic carbocycles. The summed E-state index contributed by atoms with van der Waals surface area (Å²) in [5.41, 5.74) is 0. The molecule has 0 aliphatic heterocycles. The van der Waals surface area contributed by atoms with Crippen LogP contribution in [0.3, 0.4) is 0 Å². The van der Waals surface area contributed by atoms with Crippen molar-refractivity contribution in [2.45, 2.75) is 137 Å². The molecule has 0 fully saturated rings. The van der Waals surface area contributed by atoms with Gasteiger partial charge in [0.05, 0.1) is 0 Å². The van der Waals surface area contributed by atoms with Crippen molar-refractivity contribution in [3.05, 3.63) is 6.42 Å². The van der Waals surface area contributed by atoms with E-state index in [0.717, 1.165) is 11.8 Å². The number of unbranched alkanes of at least 4 members (excludes halogenated alkanes) is 9. The number of rotatable bonds is 19. The van der Waals surface area contributed by atoms with Crippen LogP contribution in [0.15, 0.2) is 0 Å². The van der Waals surface area contributed by atoms with E-state index in [4.69, 9.17) is 0 Å². The molecule has 0 saturated carbocycles. The molecule has 24 heavy (non-hydrogen) atoms. The molecule has 0 heterocycles. The monoisotopic (exact) mass is 337 g/mol. The van der Waals surface area contributed by atoms with Crippen molar-refractivity contribution < 1.29 is 0 Å². The van der Waals surface area contributed by atoms with Gasteiger partial charge in [0.1, 0.15) is 0 Å². The van der Waals surface area contributed by atoms with Crippen LogP contribution < -0.4 is 0 Å². The molecule has 1 radical (unpaired) electrons. The summed E-state index contributed by atoms with van der Waals surface area (Å²) in [6, 6.07) is 0. The topological polar surface area (TPSA) is 0 Å². The van der Waals surface area contributed by atoms with E-state index in [9.17, 15) is 0 Å². The maximum Gasteiger partial charge on any atom is -0.0324 e. The molecule has 0 aromatic carbocycles. The van der Waals surface area contributed by atoms with Gasteiger partial charge < -0.3 is 0 Å². The predicted octanol–water partition coefficient (Wildman–Crippen LogP) is 9.13. The molecule has 0 bridgehead atoms. The zero-order valence-corrected chi connectivity index (χ0v) is 17.8. The molecule has 0 aromatic rings. The third-order valence-corrected chi connectivity index (χ3v) is 5.51. The second kappa shape index (κ2) is 19.3. The largest absolute Gasteiger partial charge is 0.0654 e. The first-order valence-corrected chi connectivity index (χ1v) is 11.6. The SMILES string of the molecule is CCCCCCCC([CH]C(CCCC)CCCCC)CCCCC. The summed E-state index contributed by atoms with van der Waals surface area (Å²) < 4.78 is 0. The Morgan fingerprint density at radius 3 is 1.21 bits per heavy atom. The minimum atomic E-state index is 0.902. The van der Waals surface area contributed by atoms with Gasteiger partial charge in [0, 0.05) is 0 Å². The summed E-state index contributed by atoms with van der Waals surface area (Å²) in [5, 5.41) is 0. The summed E-state index contributed by atoms with van der Waals surface area (Å²) in [6.07, 6.45) is 27.0. The Kier molecular flexibility index (Phi) is 19.3. The van der Waals surface area contributed by atoms with Gasteiger partial charge in [-0.2, -0.15) is 0 Å². The summed E-state index contributed by atoms with van der Waals surface area (Å²) in [6.45, 7) is 9.32. The Morgan fingerprint density at radius 1 is 0.417 bits per heavy atom. The van der Waals surface area contributed by atoms with E-state index in [0.29, 0.717) is 0 Å². The highest BCUT2D eigenvalue weighted by Crippen LogP contribution is 2.29. The van der Waals surface area contributed by atoms with Gasteiger partial charge in [-0.15, -0.1) is 0 Å². The lowest BCUT2D eigenvalue weighted by atomic mass is 9.82. The summed E-state index contributed by atoms with van der Waals surface area (Å²) >= 11 is 0. The first kappa shape index (κ1) is 24.0. The molecule has 0 aliphatic rings. The van der Waals surface area contributed by atoms with Crippen LogP contribution >= 0.6 is 0 Å². The maximum atomic E-state index is 2.82. The van der Waals surface area contributed by atoms with Crippen molar-refractivity contribution in [3.63, 3.8) is 0 Å². The average Bonchev–Trinajstić information content (AvgIpc) is 2.59. The Labute approximate surface area is 155 Å². The van der Waals surface area contributed by atoms with Crippen LogP contribution in [0.2, 0.25) is 0 Å². The fourth-order valence-electron chi connectivity index (χ4n) is 3.85. The zero-order chi connectivity index (χ0) is 17.9. The molecular formula is C24H49. The third-order valence-electron chi connectivity index (χ3n) is 5.51. The highest BCUT2D eigenvalue weighted by atomic mass is 14.2. The second-order valence-electron chi connectivity index (χ2n) is 8.05. The summed E-state index contributed by atoms with van der Waals surface area (Å²) in [5.74, 6) is 1.81. The normalized spacial score (nSPS) is 14.0. The smallest absolute Gasteiger partial charge is 0.0324 e. The highest BCUT2D eigenvalue weighted by Gasteiger charge is 2.16. The number of hydrogen-bond donors (Lipinski definition) is 0. The standard InChI is InChI=1S/C24H49/c1-5-9-13-14-17-21-24(20-16-11-7-3)22-23(18-12-8-4)19-15-10-6-2/h22-24H,5-21H2,1-4H3. The first-order valence-electron chi connectivity index (χ1n) is 11.6. The van der Waals surface area contributed by atoms with Gasteiger partial charge in [0.25, 0.3) is 0 Å². The van der Waals surface area contributed by atoms with Crippen LogP contribution in [0.25, 0.3) is 0 Å². The Hall–Kier alpha value is 0. The average molecular weight is 338 g/mol. The minimum absolute atomic E-state index is 0.902. The van der Waals surface area contributed by atoms with Gasteiger partial charge in [-0.05, 0) is 18.3 Å². The molecule has 0 amide bonds. The molecular weight excluding hydrogens is 288 g/mol. The van der Waals surface area contributed by atoms with Crippen molar-refractivity contribution >= 4 is 0 Å². The molecule has 2 unspecified atom stereocenters. The van der Waals surface area contributed by atoms with Crippen LogP contribution in [0.4, 0.5) is 0 Å². The van der Waals surface area contributed by atoms with Crippen LogP contribution in [0.5, 0.6) is 0 Å². The van der Waals surface area contributed by atoms with Gasteiger partial charge >= 0.3 is 0 Å². The Morgan fingerprint density at radius 2 is 0.750 bits per heavy atom. The lowest BCUT2D eigenvalue weighted by Crippen LogP contribution is -2.11. The van der Waals surface area contributed by atoms with Crippen molar-refractivity contribution in [1.29, 1.82) is 0 Å². The molecule has 0 N–H and O–H groups in total. The fourth-order valence-corrected chi connectivity index (χ4v) is 3.85. The van der Waals surface area contributed by atoms with E-state index in [-0.39, 0.29) is 0 Å². The Balaban J connectivity index is 4.27. The molecule has 0 rings (SSSR count). The third kappa shape index (κ3) is 15.5. The van der Waals surface area contributed by atoms with E-state index in [1.54, 1.807) is 0 Å². The fraction of sp³-hybridized carbons (Fsp3) is 0.958. The predicted molar refractivity (Wildman–Crippen MR) is 112 cm³/mol. The summed E-state index contributed by atoms with van der Waals surface area (Å²) in [7, 11) is 0. The summed E-state index contributed by atoms with van der Waals surface area (Å²) in [4.78, 5) is 0. The van der Waals surface area contributed by atoms with E-state index < -0.39 is 0 Å². The molecule has 0 nitrogen and oxygen atoms in total. The van der Waals surface area contributed by atoms with Crippen molar-refractivity contribution in [3.8, 4) is 0 Å². The van der Waals surface area contributed by atoms with Gasteiger partial charge in [-0.25, -0.2) is 0 Å². The lowest BCUT2D eigenvalue weighted by molar-refractivity contribution is 0.370. The molecule has 2 atom stereocenters. The minimum Gasteiger partial charge on any atom is -0.0654 e. The molecule has 0 saturated heterocycles. The van der Waals surface area contributed by atoms with Gasteiger partial charge in [0.2, 0.25) is 0 Å². The van der Waals surface area contributed by atoms with Crippen LogP contribution in [-0.2, 0) is 0 Å². The second-order valence-corrected chi connectivity index (χ2v) is 8.05. The van der Waals surface area contributed by atoms with E-state index >= 15 is 0 Å². The molecule has 0 spiro atoms. The van der Waals surface area contributed by atoms with E-state index in [1.165, 1.54) is 109 Å². The van der Waals surface area contributed by atoms with Crippen LogP contribution in [0.1, 0.15) is 137 Å². The van der Waals surface area contributed by atoms with Crippen molar-refractivity contribution in [2.75, 3.05) is 0 Å². The maximum absolute atomic E-state index is 2.82. The highest BCUT2D eigenvalue weighted by molar-refractivity contribution is 4.84. The zero-order valence-electron chi connectivity index (χ0n) is 17.8. The molecule has 145 valence electrons. The van der Waals surface area contributed by atoms with Gasteiger partial charge in [-0.1, -0.05) is 137 Å². The molecule has 0 heteroatoms. The Bertz CT molecular complexity index is 220. The van der Waals surface area contributed by atoms with Gasteiger partial charge in [-0.3, -0.25) is 0 Å². The van der Waals surface area contributed by atoms with E-state index in [2.05, 4.69) is 34.1 Å². The first-order chi connectivity index (χ1) is 11.8. The lowest BCUT2D eigenvalue weighted by Gasteiger charge is -2.24. The van der Waals surface area contributed by atoms with Crippen molar-refractivity contribution in [2.24, 2.45) is 11.8 Å². The van der Waals surface area contributed by atoms with Crippen LogP contribution in [-0.4, -0.2) is 0 Å². The van der Waals surface area contributed by atoms with Crippen molar-refractivity contribution in [1.82, 2.24) is 0 Å².